The molecule has 0 amide bonds. The fraction of sp³-hybridized carbons (Fsp3) is 0.300. The third-order valence-corrected chi connectivity index (χ3v) is 5.34. The zero-order valence-electron chi connectivity index (χ0n) is 13.9. The summed E-state index contributed by atoms with van der Waals surface area (Å²) in [7, 11) is 4.14. The monoisotopic (exact) mass is 324 g/mol. The lowest BCUT2D eigenvalue weighted by molar-refractivity contribution is 0.674. The smallest absolute Gasteiger partial charge is 0.0489 e. The summed E-state index contributed by atoms with van der Waals surface area (Å²) in [6.07, 6.45) is 5.85. The number of hydrogen-bond donors (Lipinski definition) is 1. The molecule has 2 aromatic carbocycles. The third kappa shape index (κ3) is 3.80. The summed E-state index contributed by atoms with van der Waals surface area (Å²) >= 11 is 1.89. The van der Waals surface area contributed by atoms with Crippen molar-refractivity contribution >= 4 is 22.7 Å². The molecule has 1 N–H and O–H groups in total. The summed E-state index contributed by atoms with van der Waals surface area (Å²) < 4.78 is 2.22. The van der Waals surface area contributed by atoms with E-state index in [0.717, 1.165) is 13.0 Å². The Hall–Kier alpha value is -1.71. The minimum Gasteiger partial charge on any atom is -0.349 e. The zero-order valence-corrected chi connectivity index (χ0v) is 14.7. The number of nitrogens with zero attached hydrogens (tertiary/aromatic N) is 1. The van der Waals surface area contributed by atoms with Crippen molar-refractivity contribution in [2.75, 3.05) is 13.6 Å². The molecule has 3 heteroatoms. The van der Waals surface area contributed by atoms with Crippen molar-refractivity contribution in [2.24, 2.45) is 7.05 Å². The Morgan fingerprint density at radius 2 is 1.74 bits per heavy atom. The predicted octanol–water partition coefficient (Wildman–Crippen LogP) is 4.87. The normalized spacial score (nSPS) is 11.2. The Morgan fingerprint density at radius 1 is 0.957 bits per heavy atom. The molecule has 0 fully saturated rings. The highest BCUT2D eigenvalue weighted by Gasteiger charge is 2.10. The van der Waals surface area contributed by atoms with Crippen molar-refractivity contribution in [1.29, 1.82) is 0 Å². The molecule has 3 aromatic rings. The molecular formula is C20H24N2S. The Labute approximate surface area is 142 Å². The molecule has 2 nitrogen and oxygen atoms in total. The van der Waals surface area contributed by atoms with Crippen LogP contribution in [0.4, 0.5) is 0 Å². The lowest BCUT2D eigenvalue weighted by atomic mass is 10.1. The van der Waals surface area contributed by atoms with Gasteiger partial charge >= 0.3 is 0 Å². The van der Waals surface area contributed by atoms with Crippen LogP contribution in [0.5, 0.6) is 0 Å². The molecule has 1 aromatic heterocycles. The number of para-hydroxylation sites is 1. The molecule has 0 aliphatic carbocycles. The van der Waals surface area contributed by atoms with Gasteiger partial charge in [0.05, 0.1) is 0 Å². The second kappa shape index (κ2) is 7.71. The van der Waals surface area contributed by atoms with Crippen LogP contribution in [0.1, 0.15) is 18.4 Å². The second-order valence-corrected chi connectivity index (χ2v) is 6.98. The van der Waals surface area contributed by atoms with Crippen LogP contribution in [0.25, 0.3) is 10.9 Å². The Kier molecular flexibility index (Phi) is 5.42. The highest BCUT2D eigenvalue weighted by molar-refractivity contribution is 7.99. The van der Waals surface area contributed by atoms with Crippen LogP contribution in [0.2, 0.25) is 0 Å². The number of aryl methyl sites for hydroxylation is 2. The predicted molar refractivity (Wildman–Crippen MR) is 100 cm³/mol. The average molecular weight is 324 g/mol. The van der Waals surface area contributed by atoms with E-state index in [1.807, 2.05) is 18.8 Å². The molecule has 0 aliphatic rings. The first kappa shape index (κ1) is 16.2. The summed E-state index contributed by atoms with van der Waals surface area (Å²) in [5.74, 6) is 0. The molecule has 0 spiro atoms. The van der Waals surface area contributed by atoms with Crippen molar-refractivity contribution in [2.45, 2.75) is 29.1 Å². The molecule has 0 aliphatic heterocycles. The molecule has 120 valence electrons. The summed E-state index contributed by atoms with van der Waals surface area (Å²) in [4.78, 5) is 2.72. The topological polar surface area (TPSA) is 17.0 Å². The Morgan fingerprint density at radius 3 is 2.61 bits per heavy atom. The number of rotatable bonds is 7. The summed E-state index contributed by atoms with van der Waals surface area (Å²) in [6.45, 7) is 1.10. The Balaban J connectivity index is 1.82. The van der Waals surface area contributed by atoms with Gasteiger partial charge in [-0.25, -0.2) is 0 Å². The van der Waals surface area contributed by atoms with Crippen LogP contribution in [0.3, 0.4) is 0 Å². The first-order chi connectivity index (χ1) is 11.3. The first-order valence-corrected chi connectivity index (χ1v) is 9.05. The van der Waals surface area contributed by atoms with Gasteiger partial charge in [-0.1, -0.05) is 48.2 Å². The van der Waals surface area contributed by atoms with Crippen LogP contribution >= 0.6 is 11.8 Å². The Bertz CT molecular complexity index is 776. The van der Waals surface area contributed by atoms with Crippen molar-refractivity contribution in [3.05, 3.63) is 60.3 Å². The molecule has 0 unspecified atom stereocenters. The van der Waals surface area contributed by atoms with Crippen LogP contribution in [0.15, 0.2) is 64.5 Å². The van der Waals surface area contributed by atoms with E-state index in [0.29, 0.717) is 0 Å². The van der Waals surface area contributed by atoms with E-state index in [1.165, 1.54) is 39.1 Å². The van der Waals surface area contributed by atoms with Gasteiger partial charge < -0.3 is 9.88 Å². The van der Waals surface area contributed by atoms with Gasteiger partial charge in [-0.15, -0.1) is 0 Å². The molecule has 3 rings (SSSR count). The van der Waals surface area contributed by atoms with E-state index in [1.54, 1.807) is 0 Å². The largest absolute Gasteiger partial charge is 0.349 e. The lowest BCUT2D eigenvalue weighted by Gasteiger charge is -2.08. The van der Waals surface area contributed by atoms with Crippen molar-refractivity contribution < 1.29 is 0 Å². The molecule has 1 heterocycles. The van der Waals surface area contributed by atoms with Gasteiger partial charge in [0.15, 0.2) is 0 Å². The van der Waals surface area contributed by atoms with Crippen LogP contribution in [-0.2, 0) is 13.5 Å². The fourth-order valence-corrected chi connectivity index (χ4v) is 4.11. The number of aromatic nitrogens is 1. The van der Waals surface area contributed by atoms with E-state index in [-0.39, 0.29) is 0 Å². The summed E-state index contributed by atoms with van der Waals surface area (Å²) in [6, 6.07) is 17.4. The molecule has 0 bridgehead atoms. The van der Waals surface area contributed by atoms with Crippen molar-refractivity contribution in [3.8, 4) is 0 Å². The van der Waals surface area contributed by atoms with Crippen LogP contribution in [-0.4, -0.2) is 18.2 Å². The number of unbranched alkanes of at least 4 members (excludes halogenated alkanes) is 1. The standard InChI is InChI=1S/C20H24N2S/c1-21-14-8-7-10-16-9-3-6-13-19(16)23-20-15-22(2)18-12-5-4-11-17(18)20/h3-6,9,11-13,15,21H,7-8,10,14H2,1-2H3. The number of nitrogens with one attached hydrogen (secondary N) is 1. The van der Waals surface area contributed by atoms with Crippen molar-refractivity contribution in [1.82, 2.24) is 9.88 Å². The number of benzene rings is 2. The summed E-state index contributed by atoms with van der Waals surface area (Å²) in [5.41, 5.74) is 2.75. The van der Waals surface area contributed by atoms with Gasteiger partial charge in [0.2, 0.25) is 0 Å². The maximum atomic E-state index is 3.22. The molecule has 23 heavy (non-hydrogen) atoms. The molecule has 0 atom stereocenters. The van der Waals surface area contributed by atoms with Gasteiger partial charge in [-0.05, 0) is 50.6 Å². The fourth-order valence-electron chi connectivity index (χ4n) is 2.93. The molecule has 0 saturated heterocycles. The van der Waals surface area contributed by atoms with E-state index < -0.39 is 0 Å². The maximum Gasteiger partial charge on any atom is 0.0489 e. The van der Waals surface area contributed by atoms with Gasteiger partial charge in [0, 0.05) is 33.9 Å². The van der Waals surface area contributed by atoms with Gasteiger partial charge in [-0.2, -0.15) is 0 Å². The van der Waals surface area contributed by atoms with E-state index >= 15 is 0 Å². The van der Waals surface area contributed by atoms with Crippen LogP contribution < -0.4 is 5.32 Å². The average Bonchev–Trinajstić information content (AvgIpc) is 2.90. The minimum atomic E-state index is 1.10. The van der Waals surface area contributed by atoms with E-state index in [2.05, 4.69) is 71.7 Å². The van der Waals surface area contributed by atoms with Crippen LogP contribution in [0, 0.1) is 0 Å². The maximum absolute atomic E-state index is 3.22. The zero-order chi connectivity index (χ0) is 16.1. The van der Waals surface area contributed by atoms with E-state index in [4.69, 9.17) is 0 Å². The lowest BCUT2D eigenvalue weighted by Crippen LogP contribution is -2.07. The third-order valence-electron chi connectivity index (χ3n) is 4.18. The summed E-state index contributed by atoms with van der Waals surface area (Å²) in [5, 5.41) is 4.56. The molecular weight excluding hydrogens is 300 g/mol. The minimum absolute atomic E-state index is 1.10. The SMILES string of the molecule is CNCCCCc1ccccc1Sc1cn(C)c2ccccc12. The highest BCUT2D eigenvalue weighted by atomic mass is 32.2. The van der Waals surface area contributed by atoms with E-state index in [9.17, 15) is 0 Å². The first-order valence-electron chi connectivity index (χ1n) is 8.24. The molecule has 0 radical (unpaired) electrons. The molecule has 0 saturated carbocycles. The number of fused-ring (bicyclic) bond motifs is 1. The highest BCUT2D eigenvalue weighted by Crippen LogP contribution is 2.36. The van der Waals surface area contributed by atoms with Gasteiger partial charge in [0.1, 0.15) is 0 Å². The van der Waals surface area contributed by atoms with Gasteiger partial charge in [-0.3, -0.25) is 0 Å². The quantitative estimate of drug-likeness (QED) is 0.624. The second-order valence-electron chi connectivity index (χ2n) is 5.89. The van der Waals surface area contributed by atoms with Gasteiger partial charge in [0.25, 0.3) is 0 Å². The van der Waals surface area contributed by atoms with Crippen molar-refractivity contribution in [3.63, 3.8) is 0 Å². The number of hydrogen-bond acceptors (Lipinski definition) is 2.